The number of thiophene rings is 1. The molecule has 1 heterocycles. The second-order valence-corrected chi connectivity index (χ2v) is 13.5. The van der Waals surface area contributed by atoms with E-state index in [1.807, 2.05) is 17.4 Å². The standard InChI is InChI=1S/C19H29O2PS2/c1-6-19(7-2,18-10-14(3)12-23-18)16-8-9-17(15(4)11-16)21-13-24(5,20)22/h8-12,24H,6-7,13,22H2,1-5H3. The molecule has 0 bridgehead atoms. The molecule has 0 spiro atoms. The first-order valence-electron chi connectivity index (χ1n) is 8.36. The average Bonchev–Trinajstić information content (AvgIpc) is 2.94. The highest BCUT2D eigenvalue weighted by Gasteiger charge is 2.32. The minimum Gasteiger partial charge on any atom is -0.482 e. The van der Waals surface area contributed by atoms with Crippen LogP contribution in [-0.4, -0.2) is 16.4 Å². The summed E-state index contributed by atoms with van der Waals surface area (Å²) >= 11 is 1.85. The molecule has 1 atom stereocenters. The van der Waals surface area contributed by atoms with Gasteiger partial charge in [-0.25, -0.2) is 0 Å². The molecule has 0 aliphatic rings. The highest BCUT2D eigenvalue weighted by atomic mass is 32.8. The van der Waals surface area contributed by atoms with Gasteiger partial charge < -0.3 is 4.74 Å². The Bertz CT molecular complexity index is 742. The minimum absolute atomic E-state index is 0.0584. The normalized spacial score (nSPS) is 13.1. The van der Waals surface area contributed by atoms with E-state index >= 15 is 0 Å². The van der Waals surface area contributed by atoms with Gasteiger partial charge in [0.2, 0.25) is 0 Å². The van der Waals surface area contributed by atoms with Crippen molar-refractivity contribution >= 4 is 29.3 Å². The van der Waals surface area contributed by atoms with Gasteiger partial charge in [-0.05, 0) is 67.1 Å². The molecule has 2 aromatic rings. The molecule has 1 aromatic carbocycles. The first-order valence-corrected chi connectivity index (χ1v) is 13.2. The van der Waals surface area contributed by atoms with Crippen molar-refractivity contribution in [3.63, 3.8) is 0 Å². The van der Waals surface area contributed by atoms with Gasteiger partial charge in [-0.1, -0.05) is 44.0 Å². The maximum absolute atomic E-state index is 11.8. The SMILES string of the molecule is CCC(CC)(c1ccc(OC[SH](C)(=O)P)c(C)c1)c1cc(C)cs1. The first-order chi connectivity index (χ1) is 11.2. The number of aryl methyl sites for hydroxylation is 2. The fourth-order valence-corrected chi connectivity index (χ4v) is 5.02. The molecule has 1 unspecified atom stereocenters. The van der Waals surface area contributed by atoms with Gasteiger partial charge in [0.15, 0.2) is 0 Å². The summed E-state index contributed by atoms with van der Waals surface area (Å²) in [5.41, 5.74) is 3.83. The summed E-state index contributed by atoms with van der Waals surface area (Å²) in [7, 11) is 0.141. The van der Waals surface area contributed by atoms with Crippen LogP contribution in [0.15, 0.2) is 29.6 Å². The van der Waals surface area contributed by atoms with Crippen LogP contribution in [0.2, 0.25) is 0 Å². The topological polar surface area (TPSA) is 26.3 Å². The summed E-state index contributed by atoms with van der Waals surface area (Å²) in [6, 6.07) is 8.76. The lowest BCUT2D eigenvalue weighted by Crippen LogP contribution is -2.25. The summed E-state index contributed by atoms with van der Waals surface area (Å²) in [4.78, 5) is 1.43. The molecule has 24 heavy (non-hydrogen) atoms. The number of hydrogen-bond donors (Lipinski definition) is 1. The zero-order chi connectivity index (χ0) is 18.0. The van der Waals surface area contributed by atoms with Crippen molar-refractivity contribution in [3.05, 3.63) is 51.2 Å². The van der Waals surface area contributed by atoms with Crippen molar-refractivity contribution in [2.75, 3.05) is 12.2 Å². The third-order valence-corrected chi connectivity index (χ3v) is 6.95. The largest absolute Gasteiger partial charge is 0.482 e. The van der Waals surface area contributed by atoms with Crippen LogP contribution < -0.4 is 4.74 Å². The van der Waals surface area contributed by atoms with Gasteiger partial charge in [0.1, 0.15) is 11.7 Å². The van der Waals surface area contributed by atoms with E-state index in [0.717, 1.165) is 24.2 Å². The Morgan fingerprint density at radius 3 is 2.33 bits per heavy atom. The Labute approximate surface area is 153 Å². The Balaban J connectivity index is 2.39. The summed E-state index contributed by atoms with van der Waals surface area (Å²) in [5.74, 6) is 1.08. The molecule has 0 aliphatic carbocycles. The Kier molecular flexibility index (Phi) is 6.28. The van der Waals surface area contributed by atoms with E-state index in [2.05, 4.69) is 59.7 Å². The Morgan fingerprint density at radius 2 is 1.88 bits per heavy atom. The molecule has 0 N–H and O–H groups in total. The van der Waals surface area contributed by atoms with Crippen molar-refractivity contribution in [2.45, 2.75) is 46.0 Å². The lowest BCUT2D eigenvalue weighted by molar-refractivity contribution is 0.382. The smallest absolute Gasteiger partial charge is 0.143 e. The minimum atomic E-state index is -2.26. The molecular weight excluding hydrogens is 355 g/mol. The van der Waals surface area contributed by atoms with E-state index in [9.17, 15) is 4.21 Å². The van der Waals surface area contributed by atoms with Crippen LogP contribution in [0.4, 0.5) is 0 Å². The lowest BCUT2D eigenvalue weighted by Gasteiger charge is -2.32. The lowest BCUT2D eigenvalue weighted by atomic mass is 9.74. The van der Waals surface area contributed by atoms with Crippen molar-refractivity contribution in [3.8, 4) is 5.75 Å². The highest BCUT2D eigenvalue weighted by Crippen LogP contribution is 2.42. The maximum atomic E-state index is 11.8. The molecule has 0 radical (unpaired) electrons. The first kappa shape index (κ1) is 19.6. The predicted octanol–water partition coefficient (Wildman–Crippen LogP) is 5.24. The van der Waals surface area contributed by atoms with Gasteiger partial charge in [0.25, 0.3) is 0 Å². The summed E-state index contributed by atoms with van der Waals surface area (Å²) in [6.07, 6.45) is 3.86. The van der Waals surface area contributed by atoms with Crippen LogP contribution in [0, 0.1) is 13.8 Å². The molecule has 0 fully saturated rings. The summed E-state index contributed by atoms with van der Waals surface area (Å²) in [5, 5.41) is 2.23. The molecule has 1 aromatic heterocycles. The molecule has 2 nitrogen and oxygen atoms in total. The van der Waals surface area contributed by atoms with Gasteiger partial charge in [0, 0.05) is 10.3 Å². The third kappa shape index (κ3) is 4.28. The summed E-state index contributed by atoms with van der Waals surface area (Å²) in [6.45, 7) is 8.75. The van der Waals surface area contributed by atoms with Crippen LogP contribution in [0.25, 0.3) is 0 Å². The monoisotopic (exact) mass is 384 g/mol. The average molecular weight is 385 g/mol. The fraction of sp³-hybridized carbons (Fsp3) is 0.474. The number of benzene rings is 1. The third-order valence-electron chi connectivity index (χ3n) is 4.61. The van der Waals surface area contributed by atoms with E-state index in [4.69, 9.17) is 4.74 Å². The van der Waals surface area contributed by atoms with Gasteiger partial charge in [-0.15, -0.1) is 11.3 Å². The Hall–Kier alpha value is -0.700. The second-order valence-electron chi connectivity index (χ2n) is 6.71. The molecule has 2 rings (SSSR count). The quantitative estimate of drug-likeness (QED) is 0.522. The fourth-order valence-electron chi connectivity index (χ4n) is 3.14. The van der Waals surface area contributed by atoms with Gasteiger partial charge in [-0.3, -0.25) is 4.21 Å². The van der Waals surface area contributed by atoms with Gasteiger partial charge in [0.05, 0.1) is 0 Å². The Morgan fingerprint density at radius 1 is 1.21 bits per heavy atom. The van der Waals surface area contributed by atoms with Crippen molar-refractivity contribution in [2.24, 2.45) is 0 Å². The molecule has 0 amide bonds. The molecule has 0 saturated carbocycles. The number of ether oxygens (including phenoxy) is 1. The van der Waals surface area contributed by atoms with Crippen LogP contribution >= 0.6 is 19.8 Å². The number of rotatable bonds is 7. The second kappa shape index (κ2) is 7.68. The summed E-state index contributed by atoms with van der Waals surface area (Å²) < 4.78 is 17.6. The van der Waals surface area contributed by atoms with Gasteiger partial charge in [-0.2, -0.15) is 0 Å². The van der Waals surface area contributed by atoms with E-state index in [1.54, 1.807) is 6.26 Å². The molecule has 0 aliphatic heterocycles. The van der Waals surface area contributed by atoms with Crippen molar-refractivity contribution in [1.82, 2.24) is 0 Å². The van der Waals surface area contributed by atoms with E-state index in [-0.39, 0.29) is 11.4 Å². The molecule has 5 heteroatoms. The van der Waals surface area contributed by atoms with Crippen molar-refractivity contribution < 1.29 is 8.95 Å². The van der Waals surface area contributed by atoms with E-state index in [1.165, 1.54) is 16.0 Å². The zero-order valence-electron chi connectivity index (χ0n) is 15.3. The van der Waals surface area contributed by atoms with Crippen LogP contribution in [0.3, 0.4) is 0 Å². The maximum Gasteiger partial charge on any atom is 0.143 e. The highest BCUT2D eigenvalue weighted by molar-refractivity contribution is 8.44. The van der Waals surface area contributed by atoms with Crippen LogP contribution in [-0.2, 0) is 15.0 Å². The van der Waals surface area contributed by atoms with E-state index in [0.29, 0.717) is 0 Å². The number of thiol groups is 1. The van der Waals surface area contributed by atoms with Gasteiger partial charge >= 0.3 is 0 Å². The van der Waals surface area contributed by atoms with E-state index < -0.39 is 9.55 Å². The van der Waals surface area contributed by atoms with Crippen LogP contribution in [0.5, 0.6) is 5.75 Å². The molecule has 0 saturated heterocycles. The van der Waals surface area contributed by atoms with Crippen molar-refractivity contribution in [1.29, 1.82) is 0 Å². The van der Waals surface area contributed by atoms with Crippen LogP contribution in [0.1, 0.15) is 48.3 Å². The molecule has 134 valence electrons. The molecular formula is C19H29O2PS2. The predicted molar refractivity (Wildman–Crippen MR) is 112 cm³/mol. The number of hydrogen-bond acceptors (Lipinski definition) is 3. The zero-order valence-corrected chi connectivity index (χ0v) is 18.1.